The highest BCUT2D eigenvalue weighted by Crippen LogP contribution is 2.36. The number of halogens is 3. The molecule has 1 aromatic heterocycles. The predicted molar refractivity (Wildman–Crippen MR) is 124 cm³/mol. The lowest BCUT2D eigenvalue weighted by Gasteiger charge is -2.28. The van der Waals surface area contributed by atoms with E-state index in [2.05, 4.69) is 15.6 Å². The average Bonchev–Trinajstić information content (AvgIpc) is 3.27. The molecule has 1 atom stereocenters. The normalized spacial score (nSPS) is 20.4. The second-order valence-electron chi connectivity index (χ2n) is 10.2. The minimum Gasteiger partial charge on any atom is -0.481 e. The molecule has 35 heavy (non-hydrogen) atoms. The van der Waals surface area contributed by atoms with Crippen LogP contribution in [0.5, 0.6) is 5.88 Å². The molecule has 11 heteroatoms. The third kappa shape index (κ3) is 7.38. The van der Waals surface area contributed by atoms with Crippen LogP contribution < -0.4 is 15.4 Å². The minimum absolute atomic E-state index is 0.0140. The van der Waals surface area contributed by atoms with Crippen LogP contribution in [0.3, 0.4) is 0 Å². The van der Waals surface area contributed by atoms with E-state index >= 15 is 0 Å². The molecule has 1 aliphatic carbocycles. The number of hydrogen-bond acceptors (Lipinski definition) is 6. The van der Waals surface area contributed by atoms with Crippen LogP contribution in [0.2, 0.25) is 0 Å². The highest BCUT2D eigenvalue weighted by Gasteiger charge is 2.37. The molecule has 0 bridgehead atoms. The van der Waals surface area contributed by atoms with Gasteiger partial charge in [0.15, 0.2) is 11.6 Å². The van der Waals surface area contributed by atoms with Crippen LogP contribution in [-0.2, 0) is 16.1 Å². The highest BCUT2D eigenvalue weighted by molar-refractivity contribution is 5.86. The maximum Gasteiger partial charge on any atom is 0.410 e. The van der Waals surface area contributed by atoms with Gasteiger partial charge in [-0.05, 0) is 58.4 Å². The first-order valence-corrected chi connectivity index (χ1v) is 12.0. The van der Waals surface area contributed by atoms with Crippen LogP contribution in [0.4, 0.5) is 23.8 Å². The molecule has 2 N–H and O–H groups in total. The zero-order chi connectivity index (χ0) is 25.8. The molecule has 2 fully saturated rings. The van der Waals surface area contributed by atoms with Crippen LogP contribution in [0.25, 0.3) is 0 Å². The number of alkyl halides is 2. The molecular formula is C24H35F3N4O4. The standard InChI is InChI=1S/C24H35F3N4O4/c1-23(2,3)35-22(33)31-11-5-6-18(31)20(32)29-14-16-12-17(25)19(30-21(16)34-4)28-13-15-7-9-24(26,27)10-8-15/h12,15,18H,5-11,13-14H2,1-4H3,(H,28,30)(H,29,32)/t18-/m0/s1. The van der Waals surface area contributed by atoms with E-state index in [4.69, 9.17) is 9.47 Å². The van der Waals surface area contributed by atoms with Crippen molar-refractivity contribution in [3.8, 4) is 5.88 Å². The largest absolute Gasteiger partial charge is 0.481 e. The van der Waals surface area contributed by atoms with Crippen molar-refractivity contribution in [1.82, 2.24) is 15.2 Å². The number of nitrogens with zero attached hydrogens (tertiary/aromatic N) is 2. The van der Waals surface area contributed by atoms with Gasteiger partial charge in [-0.25, -0.2) is 18.0 Å². The van der Waals surface area contributed by atoms with Gasteiger partial charge in [0.2, 0.25) is 17.7 Å². The zero-order valence-electron chi connectivity index (χ0n) is 20.8. The number of rotatable bonds is 7. The van der Waals surface area contributed by atoms with Crippen LogP contribution in [0, 0.1) is 11.7 Å². The van der Waals surface area contributed by atoms with Crippen molar-refractivity contribution in [1.29, 1.82) is 0 Å². The van der Waals surface area contributed by atoms with Gasteiger partial charge in [0.25, 0.3) is 0 Å². The molecule has 3 rings (SSSR count). The van der Waals surface area contributed by atoms with E-state index in [1.165, 1.54) is 18.1 Å². The monoisotopic (exact) mass is 500 g/mol. The van der Waals surface area contributed by atoms with Gasteiger partial charge in [-0.2, -0.15) is 4.98 Å². The van der Waals surface area contributed by atoms with Gasteiger partial charge in [0.05, 0.1) is 7.11 Å². The first kappa shape index (κ1) is 26.9. The summed E-state index contributed by atoms with van der Waals surface area (Å²) in [5.74, 6) is -3.49. The number of anilines is 1. The third-order valence-electron chi connectivity index (χ3n) is 6.24. The summed E-state index contributed by atoms with van der Waals surface area (Å²) in [6.07, 6.45) is 1.04. The van der Waals surface area contributed by atoms with Crippen molar-refractivity contribution >= 4 is 17.8 Å². The molecule has 2 amide bonds. The van der Waals surface area contributed by atoms with Crippen molar-refractivity contribution in [3.05, 3.63) is 17.4 Å². The van der Waals surface area contributed by atoms with Crippen LogP contribution in [-0.4, -0.2) is 59.6 Å². The van der Waals surface area contributed by atoms with Crippen molar-refractivity contribution in [2.45, 2.75) is 83.4 Å². The number of likely N-dealkylation sites (tertiary alicyclic amines) is 1. The SMILES string of the molecule is COc1nc(NCC2CCC(F)(F)CC2)c(F)cc1CNC(=O)[C@@H]1CCCN1C(=O)OC(C)(C)C. The topological polar surface area (TPSA) is 92.8 Å². The summed E-state index contributed by atoms with van der Waals surface area (Å²) in [4.78, 5) is 30.8. The molecule has 0 radical (unpaired) electrons. The molecule has 0 unspecified atom stereocenters. The Morgan fingerprint density at radius 3 is 2.54 bits per heavy atom. The molecule has 2 heterocycles. The first-order chi connectivity index (χ1) is 16.4. The van der Waals surface area contributed by atoms with E-state index in [1.54, 1.807) is 20.8 Å². The molecule has 0 spiro atoms. The Hall–Kier alpha value is -2.72. The number of nitrogens with one attached hydrogen (secondary N) is 2. The second-order valence-corrected chi connectivity index (χ2v) is 10.2. The lowest BCUT2D eigenvalue weighted by Crippen LogP contribution is -2.47. The quantitative estimate of drug-likeness (QED) is 0.574. The van der Waals surface area contributed by atoms with Crippen molar-refractivity contribution < 1.29 is 32.2 Å². The van der Waals surface area contributed by atoms with Crippen molar-refractivity contribution in [3.63, 3.8) is 0 Å². The maximum absolute atomic E-state index is 14.7. The number of carbonyl (C=O) groups excluding carboxylic acids is 2. The van der Waals surface area contributed by atoms with E-state index in [-0.39, 0.29) is 42.9 Å². The highest BCUT2D eigenvalue weighted by atomic mass is 19.3. The molecule has 1 aromatic rings. The summed E-state index contributed by atoms with van der Waals surface area (Å²) >= 11 is 0. The fourth-order valence-electron chi connectivity index (χ4n) is 4.36. The van der Waals surface area contributed by atoms with Gasteiger partial charge >= 0.3 is 6.09 Å². The Labute approximate surface area is 203 Å². The second kappa shape index (κ2) is 10.9. The predicted octanol–water partition coefficient (Wildman–Crippen LogP) is 4.48. The van der Waals surface area contributed by atoms with E-state index < -0.39 is 29.5 Å². The van der Waals surface area contributed by atoms with Crippen LogP contribution in [0.15, 0.2) is 6.07 Å². The van der Waals surface area contributed by atoms with E-state index in [1.807, 2.05) is 0 Å². The molecule has 1 aliphatic heterocycles. The summed E-state index contributed by atoms with van der Waals surface area (Å²) in [5.41, 5.74) is -0.335. The molecule has 0 aromatic carbocycles. The Morgan fingerprint density at radius 2 is 1.91 bits per heavy atom. The zero-order valence-corrected chi connectivity index (χ0v) is 20.8. The Bertz CT molecular complexity index is 913. The van der Waals surface area contributed by atoms with Gasteiger partial charge < -0.3 is 20.1 Å². The summed E-state index contributed by atoms with van der Waals surface area (Å²) in [5, 5.41) is 5.64. The Kier molecular flexibility index (Phi) is 8.38. The lowest BCUT2D eigenvalue weighted by molar-refractivity contribution is -0.125. The summed E-state index contributed by atoms with van der Waals surface area (Å²) in [6, 6.07) is 0.557. The molecule has 2 aliphatic rings. The van der Waals surface area contributed by atoms with E-state index in [9.17, 15) is 22.8 Å². The number of pyridine rings is 1. The summed E-state index contributed by atoms with van der Waals surface area (Å²) in [7, 11) is 1.39. The van der Waals surface area contributed by atoms with Gasteiger partial charge in [0.1, 0.15) is 11.6 Å². The van der Waals surface area contributed by atoms with Gasteiger partial charge in [0, 0.05) is 38.0 Å². The number of methoxy groups -OCH3 is 1. The fourth-order valence-corrected chi connectivity index (χ4v) is 4.36. The summed E-state index contributed by atoms with van der Waals surface area (Å²) < 4.78 is 52.1. The summed E-state index contributed by atoms with van der Waals surface area (Å²) in [6.45, 7) is 6.00. The smallest absolute Gasteiger partial charge is 0.410 e. The van der Waals surface area contributed by atoms with E-state index in [0.717, 1.165) is 0 Å². The molecular weight excluding hydrogens is 465 g/mol. The van der Waals surface area contributed by atoms with E-state index in [0.29, 0.717) is 44.3 Å². The Balaban J connectivity index is 1.58. The number of hydrogen-bond donors (Lipinski definition) is 2. The van der Waals surface area contributed by atoms with Gasteiger partial charge in [-0.3, -0.25) is 9.69 Å². The fraction of sp³-hybridized carbons (Fsp3) is 0.708. The minimum atomic E-state index is -2.61. The molecule has 1 saturated carbocycles. The average molecular weight is 501 g/mol. The number of ether oxygens (including phenoxy) is 2. The van der Waals surface area contributed by atoms with Crippen LogP contribution in [0.1, 0.15) is 64.9 Å². The number of carbonyl (C=O) groups is 2. The molecule has 1 saturated heterocycles. The Morgan fingerprint density at radius 1 is 1.23 bits per heavy atom. The van der Waals surface area contributed by atoms with Gasteiger partial charge in [-0.15, -0.1) is 0 Å². The molecule has 8 nitrogen and oxygen atoms in total. The van der Waals surface area contributed by atoms with Crippen molar-refractivity contribution in [2.24, 2.45) is 5.92 Å². The van der Waals surface area contributed by atoms with Crippen LogP contribution >= 0.6 is 0 Å². The lowest BCUT2D eigenvalue weighted by atomic mass is 9.87. The molecule has 196 valence electrons. The van der Waals surface area contributed by atoms with Crippen molar-refractivity contribution in [2.75, 3.05) is 25.5 Å². The number of amides is 2. The number of aromatic nitrogens is 1. The third-order valence-corrected chi connectivity index (χ3v) is 6.24. The first-order valence-electron chi connectivity index (χ1n) is 12.0. The maximum atomic E-state index is 14.7. The van der Waals surface area contributed by atoms with Gasteiger partial charge in [-0.1, -0.05) is 0 Å².